The second-order valence-electron chi connectivity index (χ2n) is 4.82. The average molecular weight is 280 g/mol. The molecule has 5 nitrogen and oxygen atoms in total. The summed E-state index contributed by atoms with van der Waals surface area (Å²) in [4.78, 5) is 26.2. The van der Waals surface area contributed by atoms with Crippen LogP contribution in [0.4, 0.5) is 10.1 Å². The summed E-state index contributed by atoms with van der Waals surface area (Å²) in [5, 5.41) is 2.74. The van der Waals surface area contributed by atoms with Crippen LogP contribution in [0, 0.1) is 5.82 Å². The van der Waals surface area contributed by atoms with E-state index in [2.05, 4.69) is 5.32 Å². The van der Waals surface area contributed by atoms with Gasteiger partial charge in [-0.15, -0.1) is 0 Å². The third-order valence-corrected chi connectivity index (χ3v) is 3.37. The van der Waals surface area contributed by atoms with Crippen LogP contribution in [0.3, 0.4) is 0 Å². The summed E-state index contributed by atoms with van der Waals surface area (Å²) >= 11 is 0. The Balaban J connectivity index is 2.01. The van der Waals surface area contributed by atoms with Gasteiger partial charge in [-0.05, 0) is 31.2 Å². The normalized spacial score (nSPS) is 18.5. The zero-order valence-electron chi connectivity index (χ0n) is 11.5. The lowest BCUT2D eigenvalue weighted by atomic mass is 10.2. The zero-order chi connectivity index (χ0) is 14.5. The molecule has 0 spiro atoms. The Morgan fingerprint density at radius 3 is 2.70 bits per heavy atom. The van der Waals surface area contributed by atoms with Crippen LogP contribution >= 0.6 is 0 Å². The van der Waals surface area contributed by atoms with Gasteiger partial charge in [-0.25, -0.2) is 4.39 Å². The number of hydrogen-bond donors (Lipinski definition) is 2. The maximum Gasteiger partial charge on any atom is 0.282 e. The van der Waals surface area contributed by atoms with Crippen LogP contribution in [0.5, 0.6) is 0 Å². The van der Waals surface area contributed by atoms with Crippen molar-refractivity contribution in [1.29, 1.82) is 0 Å². The van der Waals surface area contributed by atoms with E-state index in [0.717, 1.165) is 11.4 Å². The van der Waals surface area contributed by atoms with Gasteiger partial charge in [0.05, 0.1) is 13.1 Å². The summed E-state index contributed by atoms with van der Waals surface area (Å²) < 4.78 is 12.9. The minimum Gasteiger partial charge on any atom is -0.346 e. The third-order valence-electron chi connectivity index (χ3n) is 3.37. The number of likely N-dealkylation sites (N-methyl/N-ethyl adjacent to an activating group) is 1. The maximum atomic E-state index is 12.9. The van der Waals surface area contributed by atoms with E-state index in [-0.39, 0.29) is 24.2 Å². The molecule has 2 rings (SSSR count). The van der Waals surface area contributed by atoms with Crippen LogP contribution < -0.4 is 15.1 Å². The van der Waals surface area contributed by atoms with Crippen molar-refractivity contribution >= 4 is 17.5 Å². The average Bonchev–Trinajstić information content (AvgIpc) is 2.42. The fourth-order valence-electron chi connectivity index (χ4n) is 2.34. The fourth-order valence-corrected chi connectivity index (χ4v) is 2.34. The second kappa shape index (κ2) is 6.47. The number of rotatable bonds is 4. The SMILES string of the molecule is CCN(C(=O)C[NH+]1CCNC(=O)C1)c1ccc(F)cc1. The summed E-state index contributed by atoms with van der Waals surface area (Å²) in [6.07, 6.45) is 0. The quantitative estimate of drug-likeness (QED) is 0.758. The molecule has 6 heteroatoms. The Kier molecular flexibility index (Phi) is 4.68. The number of halogens is 1. The van der Waals surface area contributed by atoms with Crippen LogP contribution in [-0.4, -0.2) is 44.5 Å². The van der Waals surface area contributed by atoms with Crippen LogP contribution in [0.2, 0.25) is 0 Å². The molecular weight excluding hydrogens is 261 g/mol. The highest BCUT2D eigenvalue weighted by atomic mass is 19.1. The second-order valence-corrected chi connectivity index (χ2v) is 4.82. The van der Waals surface area contributed by atoms with E-state index in [4.69, 9.17) is 0 Å². The number of benzene rings is 1. The molecule has 2 amide bonds. The molecule has 1 fully saturated rings. The van der Waals surface area contributed by atoms with Gasteiger partial charge in [-0.3, -0.25) is 9.59 Å². The van der Waals surface area contributed by atoms with Crippen molar-refractivity contribution in [3.8, 4) is 0 Å². The number of amides is 2. The van der Waals surface area contributed by atoms with Gasteiger partial charge in [-0.1, -0.05) is 0 Å². The van der Waals surface area contributed by atoms with Crippen LogP contribution in [0.15, 0.2) is 24.3 Å². The fraction of sp³-hybridized carbons (Fsp3) is 0.429. The van der Waals surface area contributed by atoms with Gasteiger partial charge in [-0.2, -0.15) is 0 Å². The molecule has 108 valence electrons. The number of nitrogens with zero attached hydrogens (tertiary/aromatic N) is 1. The minimum atomic E-state index is -0.324. The first kappa shape index (κ1) is 14.5. The van der Waals surface area contributed by atoms with Gasteiger partial charge in [0.2, 0.25) is 0 Å². The molecule has 0 aromatic heterocycles. The van der Waals surface area contributed by atoms with E-state index in [0.29, 0.717) is 25.3 Å². The summed E-state index contributed by atoms with van der Waals surface area (Å²) in [5.41, 5.74) is 0.680. The summed E-state index contributed by atoms with van der Waals surface area (Å²) in [7, 11) is 0. The molecule has 1 aromatic carbocycles. The number of carbonyl (C=O) groups is 2. The largest absolute Gasteiger partial charge is 0.346 e. The molecule has 0 saturated carbocycles. The van der Waals surface area contributed by atoms with Crippen molar-refractivity contribution < 1.29 is 18.9 Å². The van der Waals surface area contributed by atoms with Crippen molar-refractivity contribution in [2.45, 2.75) is 6.92 Å². The lowest BCUT2D eigenvalue weighted by Gasteiger charge is -2.26. The molecule has 1 heterocycles. The van der Waals surface area contributed by atoms with Crippen molar-refractivity contribution in [3.63, 3.8) is 0 Å². The van der Waals surface area contributed by atoms with Crippen LogP contribution in [0.25, 0.3) is 0 Å². The van der Waals surface area contributed by atoms with E-state index < -0.39 is 0 Å². The zero-order valence-corrected chi connectivity index (χ0v) is 11.5. The minimum absolute atomic E-state index is 0.0242. The Morgan fingerprint density at radius 2 is 2.10 bits per heavy atom. The number of carbonyl (C=O) groups excluding carboxylic acids is 2. The van der Waals surface area contributed by atoms with E-state index in [9.17, 15) is 14.0 Å². The first-order valence-electron chi connectivity index (χ1n) is 6.76. The number of quaternary nitrogens is 1. The van der Waals surface area contributed by atoms with Gasteiger partial charge in [0.25, 0.3) is 11.8 Å². The molecule has 1 atom stereocenters. The number of anilines is 1. The number of nitrogens with one attached hydrogen (secondary N) is 2. The predicted octanol–water partition coefficient (Wildman–Crippen LogP) is -0.807. The molecule has 1 aliphatic heterocycles. The summed E-state index contributed by atoms with van der Waals surface area (Å²) in [5.74, 6) is -0.400. The molecule has 0 aliphatic carbocycles. The smallest absolute Gasteiger partial charge is 0.282 e. The molecule has 1 saturated heterocycles. The Labute approximate surface area is 117 Å². The van der Waals surface area contributed by atoms with Crippen molar-refractivity contribution in [1.82, 2.24) is 5.32 Å². The number of piperazine rings is 1. The third kappa shape index (κ3) is 3.54. The van der Waals surface area contributed by atoms with Gasteiger partial charge in [0, 0.05) is 12.2 Å². The molecule has 1 aliphatic rings. The van der Waals surface area contributed by atoms with Crippen molar-refractivity contribution in [2.24, 2.45) is 0 Å². The van der Waals surface area contributed by atoms with Crippen LogP contribution in [-0.2, 0) is 9.59 Å². The molecule has 0 radical (unpaired) electrons. The van der Waals surface area contributed by atoms with Gasteiger partial charge >= 0.3 is 0 Å². The monoisotopic (exact) mass is 280 g/mol. The van der Waals surface area contributed by atoms with Gasteiger partial charge in [0.1, 0.15) is 5.82 Å². The van der Waals surface area contributed by atoms with E-state index >= 15 is 0 Å². The lowest BCUT2D eigenvalue weighted by Crippen LogP contribution is -3.16. The van der Waals surface area contributed by atoms with E-state index in [1.54, 1.807) is 17.0 Å². The maximum absolute atomic E-state index is 12.9. The standard InChI is InChI=1S/C14H18FN3O2/c1-2-18(12-5-3-11(15)4-6-12)14(20)10-17-8-7-16-13(19)9-17/h3-6H,2,7-10H2,1H3,(H,16,19)/p+1. The number of hydrogen-bond acceptors (Lipinski definition) is 2. The predicted molar refractivity (Wildman–Crippen MR) is 73.0 cm³/mol. The lowest BCUT2D eigenvalue weighted by molar-refractivity contribution is -0.885. The summed E-state index contributed by atoms with van der Waals surface area (Å²) in [6.45, 7) is 4.34. The first-order chi connectivity index (χ1) is 9.60. The van der Waals surface area contributed by atoms with Gasteiger partial charge < -0.3 is 15.1 Å². The topological polar surface area (TPSA) is 53.9 Å². The molecule has 0 bridgehead atoms. The van der Waals surface area contributed by atoms with Crippen molar-refractivity contribution in [3.05, 3.63) is 30.1 Å². The Hall–Kier alpha value is -1.95. The van der Waals surface area contributed by atoms with E-state index in [1.165, 1.54) is 12.1 Å². The first-order valence-corrected chi connectivity index (χ1v) is 6.76. The van der Waals surface area contributed by atoms with Gasteiger partial charge in [0.15, 0.2) is 13.1 Å². The molecule has 1 aromatic rings. The van der Waals surface area contributed by atoms with E-state index in [1.807, 2.05) is 6.92 Å². The highest BCUT2D eigenvalue weighted by Gasteiger charge is 2.25. The van der Waals surface area contributed by atoms with Crippen molar-refractivity contribution in [2.75, 3.05) is 37.6 Å². The highest BCUT2D eigenvalue weighted by Crippen LogP contribution is 2.14. The Morgan fingerprint density at radius 1 is 1.40 bits per heavy atom. The highest BCUT2D eigenvalue weighted by molar-refractivity contribution is 5.94. The Bertz CT molecular complexity index is 490. The summed E-state index contributed by atoms with van der Waals surface area (Å²) in [6, 6.07) is 5.86. The molecule has 1 unspecified atom stereocenters. The molecule has 20 heavy (non-hydrogen) atoms. The molecule has 2 N–H and O–H groups in total. The van der Waals surface area contributed by atoms with Crippen LogP contribution in [0.1, 0.15) is 6.92 Å². The molecular formula is C14H19FN3O2+.